The topological polar surface area (TPSA) is 109 Å². The molecule has 1 fully saturated rings. The predicted molar refractivity (Wildman–Crippen MR) is 112 cm³/mol. The van der Waals surface area contributed by atoms with E-state index in [9.17, 15) is 18.3 Å². The number of aryl methyl sites for hydroxylation is 1. The zero-order valence-corrected chi connectivity index (χ0v) is 17.7. The number of carbonyl (C=O) groups is 1. The fourth-order valence-corrected chi connectivity index (χ4v) is 5.25. The molecule has 0 saturated carbocycles. The predicted octanol–water partition coefficient (Wildman–Crippen LogP) is 1.29. The van der Waals surface area contributed by atoms with Crippen molar-refractivity contribution >= 4 is 16.4 Å². The van der Waals surface area contributed by atoms with E-state index in [2.05, 4.69) is 10.3 Å². The van der Waals surface area contributed by atoms with Gasteiger partial charge in [-0.2, -0.15) is 0 Å². The Balaban J connectivity index is 1.59. The fraction of sp³-hybridized carbons (Fsp3) is 0.429. The second kappa shape index (κ2) is 9.65. The van der Waals surface area contributed by atoms with Crippen LogP contribution in [0.1, 0.15) is 29.5 Å². The second-order valence-corrected chi connectivity index (χ2v) is 9.43. The highest BCUT2D eigenvalue weighted by Crippen LogP contribution is 2.24. The van der Waals surface area contributed by atoms with Crippen LogP contribution in [0.4, 0.5) is 0 Å². The molecule has 1 aliphatic rings. The van der Waals surface area contributed by atoms with E-state index >= 15 is 0 Å². The molecule has 1 atom stereocenters. The van der Waals surface area contributed by atoms with Crippen LogP contribution in [0.5, 0.6) is 0 Å². The minimum atomic E-state index is -3.83. The van der Waals surface area contributed by atoms with Crippen molar-refractivity contribution in [3.63, 3.8) is 0 Å². The summed E-state index contributed by atoms with van der Waals surface area (Å²) in [5, 5.41) is 13.1. The highest BCUT2D eigenvalue weighted by atomic mass is 32.2. The first-order valence-corrected chi connectivity index (χ1v) is 11.4. The highest BCUT2D eigenvalue weighted by Gasteiger charge is 2.39. The standard InChI is InChI=1S/C21H27N3O5S/c1-17-5-2-3-6-18(17)14-29-20-8-11-24(12-9-20)30(27,28)15-21(26,23-16-25)19-7-4-10-22-13-19/h2-7,10,13,16,20,26H,8-9,11-12,14-15H2,1H3,(H,23,25). The van der Waals surface area contributed by atoms with Crippen molar-refractivity contribution in [1.29, 1.82) is 0 Å². The van der Waals surface area contributed by atoms with Gasteiger partial charge in [-0.05, 0) is 37.0 Å². The summed E-state index contributed by atoms with van der Waals surface area (Å²) < 4.78 is 33.2. The number of pyridine rings is 1. The lowest BCUT2D eigenvalue weighted by Gasteiger charge is -2.34. The number of nitrogens with one attached hydrogen (secondary N) is 1. The van der Waals surface area contributed by atoms with Gasteiger partial charge in [0.05, 0.1) is 12.7 Å². The zero-order chi connectivity index (χ0) is 21.6. The van der Waals surface area contributed by atoms with Gasteiger partial charge in [0.25, 0.3) is 0 Å². The number of amides is 1. The number of piperidine rings is 1. The molecule has 2 N–H and O–H groups in total. The van der Waals surface area contributed by atoms with Crippen molar-refractivity contribution in [2.24, 2.45) is 0 Å². The lowest BCUT2D eigenvalue weighted by Crippen LogP contribution is -2.52. The molecule has 162 valence electrons. The van der Waals surface area contributed by atoms with Crippen LogP contribution in [-0.2, 0) is 31.9 Å². The Morgan fingerprint density at radius 3 is 2.63 bits per heavy atom. The maximum absolute atomic E-state index is 12.9. The third kappa shape index (κ3) is 5.42. The summed E-state index contributed by atoms with van der Waals surface area (Å²) in [6, 6.07) is 11.1. The van der Waals surface area contributed by atoms with Crippen LogP contribution in [0.3, 0.4) is 0 Å². The van der Waals surface area contributed by atoms with E-state index in [-0.39, 0.29) is 18.1 Å². The molecular weight excluding hydrogens is 406 g/mol. The summed E-state index contributed by atoms with van der Waals surface area (Å²) in [6.45, 7) is 3.12. The molecule has 1 aromatic heterocycles. The summed E-state index contributed by atoms with van der Waals surface area (Å²) in [4.78, 5) is 14.9. The number of benzene rings is 1. The Bertz CT molecular complexity index is 946. The van der Waals surface area contributed by atoms with Crippen LogP contribution in [-0.4, -0.2) is 54.2 Å². The molecule has 1 unspecified atom stereocenters. The van der Waals surface area contributed by atoms with Gasteiger partial charge in [0.2, 0.25) is 16.4 Å². The molecule has 0 bridgehead atoms. The number of aliphatic hydroxyl groups is 1. The number of rotatable bonds is 9. The molecule has 2 heterocycles. The lowest BCUT2D eigenvalue weighted by atomic mass is 10.1. The van der Waals surface area contributed by atoms with Gasteiger partial charge < -0.3 is 15.2 Å². The van der Waals surface area contributed by atoms with Crippen molar-refractivity contribution in [3.05, 3.63) is 65.5 Å². The van der Waals surface area contributed by atoms with Gasteiger partial charge in [-0.1, -0.05) is 30.3 Å². The Morgan fingerprint density at radius 2 is 2.00 bits per heavy atom. The van der Waals surface area contributed by atoms with E-state index in [0.29, 0.717) is 32.5 Å². The maximum Gasteiger partial charge on any atom is 0.219 e. The van der Waals surface area contributed by atoms with Crippen molar-refractivity contribution in [1.82, 2.24) is 14.6 Å². The molecule has 3 rings (SSSR count). The van der Waals surface area contributed by atoms with E-state index in [1.54, 1.807) is 6.07 Å². The van der Waals surface area contributed by atoms with E-state index in [0.717, 1.165) is 11.1 Å². The van der Waals surface area contributed by atoms with Crippen LogP contribution in [0, 0.1) is 6.92 Å². The molecule has 9 heteroatoms. The summed E-state index contributed by atoms with van der Waals surface area (Å²) >= 11 is 0. The van der Waals surface area contributed by atoms with E-state index in [1.807, 2.05) is 31.2 Å². The first-order valence-electron chi connectivity index (χ1n) is 9.82. The molecule has 8 nitrogen and oxygen atoms in total. The molecule has 1 aliphatic heterocycles. The summed E-state index contributed by atoms with van der Waals surface area (Å²) in [5.41, 5.74) is 0.438. The molecule has 0 aliphatic carbocycles. The monoisotopic (exact) mass is 433 g/mol. The first kappa shape index (κ1) is 22.4. The summed E-state index contributed by atoms with van der Waals surface area (Å²) in [7, 11) is -3.83. The van der Waals surface area contributed by atoms with Crippen LogP contribution in [0.25, 0.3) is 0 Å². The highest BCUT2D eigenvalue weighted by molar-refractivity contribution is 7.89. The Morgan fingerprint density at radius 1 is 1.27 bits per heavy atom. The minimum absolute atomic E-state index is 0.0265. The number of hydrogen-bond acceptors (Lipinski definition) is 6. The molecule has 30 heavy (non-hydrogen) atoms. The van der Waals surface area contributed by atoms with E-state index in [4.69, 9.17) is 4.74 Å². The average molecular weight is 434 g/mol. The Hall–Kier alpha value is -2.33. The van der Waals surface area contributed by atoms with Crippen LogP contribution in [0.2, 0.25) is 0 Å². The quantitative estimate of drug-likeness (QED) is 0.456. The molecular formula is C21H27N3O5S. The third-order valence-corrected chi connectivity index (χ3v) is 7.29. The number of aromatic nitrogens is 1. The molecule has 1 amide bonds. The molecule has 0 spiro atoms. The lowest BCUT2D eigenvalue weighted by molar-refractivity contribution is -0.116. The van der Waals surface area contributed by atoms with Crippen molar-refractivity contribution in [2.45, 2.75) is 38.2 Å². The molecule has 1 saturated heterocycles. The third-order valence-electron chi connectivity index (χ3n) is 5.36. The number of nitrogens with zero attached hydrogens (tertiary/aromatic N) is 2. The van der Waals surface area contributed by atoms with Crippen molar-refractivity contribution < 1.29 is 23.1 Å². The van der Waals surface area contributed by atoms with E-state index < -0.39 is 21.5 Å². The normalized spacial score (nSPS) is 17.9. The van der Waals surface area contributed by atoms with Crippen molar-refractivity contribution in [2.75, 3.05) is 18.8 Å². The Labute approximate surface area is 176 Å². The fourth-order valence-electron chi connectivity index (χ4n) is 3.53. The minimum Gasteiger partial charge on any atom is -0.373 e. The van der Waals surface area contributed by atoms with Crippen LogP contribution < -0.4 is 5.32 Å². The van der Waals surface area contributed by atoms with Crippen LogP contribution >= 0.6 is 0 Å². The SMILES string of the molecule is Cc1ccccc1COC1CCN(S(=O)(=O)CC(O)(NC=O)c2cccnc2)CC1. The van der Waals surface area contributed by atoms with Gasteiger partial charge in [-0.15, -0.1) is 0 Å². The zero-order valence-electron chi connectivity index (χ0n) is 16.9. The Kier molecular flexibility index (Phi) is 7.19. The van der Waals surface area contributed by atoms with Gasteiger partial charge in [0.1, 0.15) is 5.75 Å². The number of ether oxygens (including phenoxy) is 1. The molecule has 2 aromatic rings. The number of carbonyl (C=O) groups excluding carboxylic acids is 1. The van der Waals surface area contributed by atoms with E-state index in [1.165, 1.54) is 22.8 Å². The largest absolute Gasteiger partial charge is 0.373 e. The summed E-state index contributed by atoms with van der Waals surface area (Å²) in [6.07, 6.45) is 4.23. The number of sulfonamides is 1. The maximum atomic E-state index is 12.9. The smallest absolute Gasteiger partial charge is 0.219 e. The number of hydrogen-bond donors (Lipinski definition) is 2. The molecule has 1 aromatic carbocycles. The average Bonchev–Trinajstić information content (AvgIpc) is 2.74. The van der Waals surface area contributed by atoms with Crippen LogP contribution in [0.15, 0.2) is 48.8 Å². The first-order chi connectivity index (χ1) is 14.3. The van der Waals surface area contributed by atoms with Gasteiger partial charge in [0.15, 0.2) is 5.72 Å². The van der Waals surface area contributed by atoms with Gasteiger partial charge >= 0.3 is 0 Å². The van der Waals surface area contributed by atoms with Gasteiger partial charge in [0, 0.05) is 31.0 Å². The summed E-state index contributed by atoms with van der Waals surface area (Å²) in [5.74, 6) is -0.667. The van der Waals surface area contributed by atoms with Crippen molar-refractivity contribution in [3.8, 4) is 0 Å². The second-order valence-electron chi connectivity index (χ2n) is 7.46. The molecule has 0 radical (unpaired) electrons. The van der Waals surface area contributed by atoms with Gasteiger partial charge in [-0.25, -0.2) is 12.7 Å². The van der Waals surface area contributed by atoms with Gasteiger partial charge in [-0.3, -0.25) is 9.78 Å².